The number of rotatable bonds is 6. The van der Waals surface area contributed by atoms with Crippen LogP contribution in [0.5, 0.6) is 5.75 Å². The van der Waals surface area contributed by atoms with Crippen LogP contribution in [0, 0.1) is 0 Å². The van der Waals surface area contributed by atoms with Crippen molar-refractivity contribution in [2.75, 3.05) is 18.4 Å². The van der Waals surface area contributed by atoms with Crippen molar-refractivity contribution in [1.82, 2.24) is 4.90 Å². The topological polar surface area (TPSA) is 50.8 Å². The summed E-state index contributed by atoms with van der Waals surface area (Å²) < 4.78 is 11.4. The van der Waals surface area contributed by atoms with Gasteiger partial charge in [0.15, 0.2) is 0 Å². The minimum atomic E-state index is -0.527. The van der Waals surface area contributed by atoms with E-state index in [-0.39, 0.29) is 12.1 Å². The molecule has 0 bridgehead atoms. The Hall–Kier alpha value is -3.31. The molecule has 4 rings (SSSR count). The molecule has 3 aromatic carbocycles. The van der Waals surface area contributed by atoms with Gasteiger partial charge in [-0.1, -0.05) is 60.7 Å². The van der Waals surface area contributed by atoms with E-state index in [1.54, 1.807) is 0 Å². The average Bonchev–Trinajstić information content (AvgIpc) is 2.73. The molecule has 3 aromatic rings. The van der Waals surface area contributed by atoms with Crippen molar-refractivity contribution in [3.63, 3.8) is 0 Å². The lowest BCUT2D eigenvalue weighted by molar-refractivity contribution is 0.000292. The predicted molar refractivity (Wildman–Crippen MR) is 127 cm³/mol. The quantitative estimate of drug-likeness (QED) is 0.530. The van der Waals surface area contributed by atoms with E-state index >= 15 is 0 Å². The molecule has 1 heterocycles. The number of hydrogen-bond donors (Lipinski definition) is 1. The smallest absolute Gasteiger partial charge is 0.412 e. The van der Waals surface area contributed by atoms with E-state index in [4.69, 9.17) is 9.47 Å². The van der Waals surface area contributed by atoms with Crippen LogP contribution in [0.3, 0.4) is 0 Å². The molecule has 5 nitrogen and oxygen atoms in total. The highest BCUT2D eigenvalue weighted by atomic mass is 16.6. The van der Waals surface area contributed by atoms with Crippen molar-refractivity contribution < 1.29 is 14.3 Å². The van der Waals surface area contributed by atoms with Gasteiger partial charge >= 0.3 is 6.09 Å². The second-order valence-corrected chi connectivity index (χ2v) is 9.07. The van der Waals surface area contributed by atoms with Crippen LogP contribution in [0.2, 0.25) is 0 Å². The summed E-state index contributed by atoms with van der Waals surface area (Å²) in [5, 5.41) is 2.74. The van der Waals surface area contributed by atoms with Crippen LogP contribution >= 0.6 is 0 Å². The lowest BCUT2D eigenvalue weighted by Gasteiger charge is -2.44. The summed E-state index contributed by atoms with van der Waals surface area (Å²) in [6.45, 7) is 7.22. The number of ether oxygens (including phenoxy) is 2. The number of nitrogens with zero attached hydrogens (tertiary/aromatic N) is 1. The van der Waals surface area contributed by atoms with Crippen molar-refractivity contribution in [3.05, 3.63) is 96.1 Å². The van der Waals surface area contributed by atoms with Crippen LogP contribution in [0.4, 0.5) is 10.5 Å². The monoisotopic (exact) mass is 430 g/mol. The predicted octanol–water partition coefficient (Wildman–Crippen LogP) is 5.89. The molecular weight excluding hydrogens is 400 g/mol. The van der Waals surface area contributed by atoms with Crippen LogP contribution in [0.25, 0.3) is 0 Å². The van der Waals surface area contributed by atoms with Gasteiger partial charge in [-0.25, -0.2) is 4.79 Å². The lowest BCUT2D eigenvalue weighted by atomic mass is 9.94. The molecule has 0 aromatic heterocycles. The summed E-state index contributed by atoms with van der Waals surface area (Å²) in [6.07, 6.45) is -0.330. The molecule has 1 amide bonds. The Morgan fingerprint density at radius 1 is 0.875 bits per heavy atom. The second-order valence-electron chi connectivity index (χ2n) is 9.07. The van der Waals surface area contributed by atoms with Gasteiger partial charge in [-0.2, -0.15) is 0 Å². The Kier molecular flexibility index (Phi) is 6.47. The maximum atomic E-state index is 11.9. The first-order chi connectivity index (χ1) is 15.4. The summed E-state index contributed by atoms with van der Waals surface area (Å²) in [5.74, 6) is 0.792. The van der Waals surface area contributed by atoms with Crippen molar-refractivity contribution in [2.24, 2.45) is 0 Å². The highest BCUT2D eigenvalue weighted by Gasteiger charge is 2.35. The molecule has 0 unspecified atom stereocenters. The lowest BCUT2D eigenvalue weighted by Crippen LogP contribution is -2.55. The van der Waals surface area contributed by atoms with Crippen molar-refractivity contribution in [3.8, 4) is 5.75 Å². The molecule has 1 saturated heterocycles. The number of hydrogen-bond acceptors (Lipinski definition) is 4. The first kappa shape index (κ1) is 21.9. The Morgan fingerprint density at radius 3 is 1.91 bits per heavy atom. The Balaban J connectivity index is 1.34. The average molecular weight is 431 g/mol. The second kappa shape index (κ2) is 9.45. The van der Waals surface area contributed by atoms with Gasteiger partial charge in [-0.05, 0) is 56.2 Å². The summed E-state index contributed by atoms with van der Waals surface area (Å²) >= 11 is 0. The summed E-state index contributed by atoms with van der Waals surface area (Å²) in [6, 6.07) is 28.8. The maximum absolute atomic E-state index is 11.9. The zero-order valence-corrected chi connectivity index (χ0v) is 18.8. The fourth-order valence-corrected chi connectivity index (χ4v) is 3.87. The van der Waals surface area contributed by atoms with E-state index in [2.05, 4.69) is 70.9 Å². The number of likely N-dealkylation sites (tertiary alicyclic amines) is 1. The fraction of sp³-hybridized carbons (Fsp3) is 0.296. The number of anilines is 1. The minimum absolute atomic E-state index is 0.134. The molecule has 1 aliphatic rings. The molecule has 0 saturated carbocycles. The molecule has 0 aliphatic carbocycles. The summed E-state index contributed by atoms with van der Waals surface area (Å²) in [7, 11) is 0. The van der Waals surface area contributed by atoms with E-state index in [1.165, 1.54) is 11.1 Å². The van der Waals surface area contributed by atoms with Crippen LogP contribution in [-0.2, 0) is 4.74 Å². The Labute approximate surface area is 190 Å². The Bertz CT molecular complexity index is 969. The van der Waals surface area contributed by atoms with Gasteiger partial charge in [0.05, 0.1) is 6.04 Å². The zero-order chi connectivity index (χ0) is 22.6. The molecule has 0 atom stereocenters. The molecule has 166 valence electrons. The number of amides is 1. The number of benzene rings is 3. The summed E-state index contributed by atoms with van der Waals surface area (Å²) in [4.78, 5) is 14.3. The number of nitrogens with one attached hydrogen (secondary N) is 1. The molecule has 0 spiro atoms. The zero-order valence-electron chi connectivity index (χ0n) is 18.8. The third kappa shape index (κ3) is 5.68. The fourth-order valence-electron chi connectivity index (χ4n) is 3.87. The first-order valence-electron chi connectivity index (χ1n) is 11.0. The van der Waals surface area contributed by atoms with Gasteiger partial charge < -0.3 is 9.47 Å². The highest BCUT2D eigenvalue weighted by molar-refractivity contribution is 5.84. The molecule has 32 heavy (non-hydrogen) atoms. The van der Waals surface area contributed by atoms with Crippen molar-refractivity contribution in [1.29, 1.82) is 0 Å². The van der Waals surface area contributed by atoms with Gasteiger partial charge in [-0.3, -0.25) is 10.2 Å². The van der Waals surface area contributed by atoms with Crippen LogP contribution < -0.4 is 10.1 Å². The molecule has 1 N–H and O–H groups in total. The SMILES string of the molecule is CC(C)(C)OC(=O)Nc1ccc(OC2CN(C(c3ccccc3)c3ccccc3)C2)cc1. The van der Waals surface area contributed by atoms with Crippen molar-refractivity contribution in [2.45, 2.75) is 38.5 Å². The van der Waals surface area contributed by atoms with E-state index in [1.807, 2.05) is 45.0 Å². The molecule has 5 heteroatoms. The third-order valence-corrected chi connectivity index (χ3v) is 5.27. The largest absolute Gasteiger partial charge is 0.488 e. The van der Waals surface area contributed by atoms with Gasteiger partial charge in [0.1, 0.15) is 17.5 Å². The van der Waals surface area contributed by atoms with Gasteiger partial charge in [0.2, 0.25) is 0 Å². The van der Waals surface area contributed by atoms with E-state index in [0.717, 1.165) is 18.8 Å². The van der Waals surface area contributed by atoms with Crippen LogP contribution in [0.1, 0.15) is 37.9 Å². The molecule has 1 fully saturated rings. The minimum Gasteiger partial charge on any atom is -0.488 e. The molecule has 0 radical (unpaired) electrons. The normalized spacial score (nSPS) is 14.6. The van der Waals surface area contributed by atoms with E-state index in [9.17, 15) is 4.79 Å². The number of carbonyl (C=O) groups is 1. The maximum Gasteiger partial charge on any atom is 0.412 e. The van der Waals surface area contributed by atoms with Crippen LogP contribution in [0.15, 0.2) is 84.9 Å². The molecular formula is C27H30N2O3. The first-order valence-corrected chi connectivity index (χ1v) is 11.0. The highest BCUT2D eigenvalue weighted by Crippen LogP contribution is 2.33. The van der Waals surface area contributed by atoms with Gasteiger partial charge in [0.25, 0.3) is 0 Å². The van der Waals surface area contributed by atoms with E-state index < -0.39 is 11.7 Å². The summed E-state index contributed by atoms with van der Waals surface area (Å²) in [5.41, 5.74) is 2.72. The third-order valence-electron chi connectivity index (χ3n) is 5.27. The number of carbonyl (C=O) groups excluding carboxylic acids is 1. The van der Waals surface area contributed by atoms with Crippen LogP contribution in [-0.4, -0.2) is 35.8 Å². The van der Waals surface area contributed by atoms with Gasteiger partial charge in [-0.15, -0.1) is 0 Å². The standard InChI is InChI=1S/C27H30N2O3/c1-27(2,3)32-26(30)28-22-14-16-23(17-15-22)31-24-18-29(19-24)25(20-10-6-4-7-11-20)21-12-8-5-9-13-21/h4-17,24-25H,18-19H2,1-3H3,(H,28,30). The molecule has 1 aliphatic heterocycles. The van der Waals surface area contributed by atoms with E-state index in [0.29, 0.717) is 5.69 Å². The van der Waals surface area contributed by atoms with Crippen molar-refractivity contribution >= 4 is 11.8 Å². The Morgan fingerprint density at radius 2 is 1.41 bits per heavy atom. The van der Waals surface area contributed by atoms with Gasteiger partial charge in [0, 0.05) is 18.8 Å².